The number of H-pyrrole nitrogens is 2. The van der Waals surface area contributed by atoms with E-state index in [0.29, 0.717) is 33.7 Å². The molecule has 0 radical (unpaired) electrons. The molecule has 0 aliphatic rings. The van der Waals surface area contributed by atoms with Crippen LogP contribution in [0.3, 0.4) is 0 Å². The fourth-order valence-corrected chi connectivity index (χ4v) is 3.55. The fraction of sp³-hybridized carbons (Fsp3) is 0.238. The van der Waals surface area contributed by atoms with Crippen molar-refractivity contribution in [1.82, 2.24) is 15.0 Å². The van der Waals surface area contributed by atoms with Crippen molar-refractivity contribution in [2.24, 2.45) is 0 Å². The molecule has 0 amide bonds. The van der Waals surface area contributed by atoms with Crippen LogP contribution < -0.4 is 4.74 Å². The number of aryl methyl sites for hydroxylation is 1. The maximum Gasteiger partial charge on any atom is 0.151 e. The van der Waals surface area contributed by atoms with Crippen molar-refractivity contribution in [2.45, 2.75) is 19.4 Å². The Hall–Kier alpha value is -3.30. The molecule has 0 fully saturated rings. The van der Waals surface area contributed by atoms with Crippen molar-refractivity contribution in [1.29, 1.82) is 5.26 Å². The van der Waals surface area contributed by atoms with E-state index < -0.39 is 12.6 Å². The van der Waals surface area contributed by atoms with Crippen LogP contribution in [0.25, 0.3) is 21.9 Å². The molecule has 2 aromatic heterocycles. The van der Waals surface area contributed by atoms with Crippen molar-refractivity contribution < 1.29 is 13.6 Å². The number of nitrogens with zero attached hydrogens (tertiary/aromatic N) is 2. The minimum Gasteiger partial charge on any atom is -0.496 e. The lowest BCUT2D eigenvalue weighted by Gasteiger charge is -2.29. The van der Waals surface area contributed by atoms with Gasteiger partial charge in [0.15, 0.2) is 5.60 Å². The predicted octanol–water partition coefficient (Wildman–Crippen LogP) is 4.14. The maximum atomic E-state index is 9.18. The quantitative estimate of drug-likeness (QED) is 0.570. The Balaban J connectivity index is 2.05. The van der Waals surface area contributed by atoms with Crippen molar-refractivity contribution >= 4 is 21.9 Å². The highest BCUT2D eigenvalue weighted by atomic mass is 16.5. The Morgan fingerprint density at radius 2 is 2.15 bits per heavy atom. The van der Waals surface area contributed by atoms with E-state index in [4.69, 9.17) is 13.6 Å². The zero-order valence-electron chi connectivity index (χ0n) is 18.2. The molecule has 4 rings (SSSR count). The van der Waals surface area contributed by atoms with Gasteiger partial charge in [0.2, 0.25) is 0 Å². The molecule has 0 aliphatic carbocycles. The van der Waals surface area contributed by atoms with E-state index in [1.165, 1.54) is 7.11 Å². The van der Waals surface area contributed by atoms with E-state index in [9.17, 15) is 5.26 Å². The largest absolute Gasteiger partial charge is 0.496 e. The zero-order valence-corrected chi connectivity index (χ0v) is 15.2. The Morgan fingerprint density at radius 3 is 2.89 bits per heavy atom. The summed E-state index contributed by atoms with van der Waals surface area (Å²) in [6, 6.07) is 10.8. The highest BCUT2D eigenvalue weighted by molar-refractivity contribution is 5.89. The number of fused-ring (bicyclic) bond motifs is 2. The number of nitrogens with one attached hydrogen (secondary N) is 2. The summed E-state index contributed by atoms with van der Waals surface area (Å²) in [5, 5.41) is 9.95. The summed E-state index contributed by atoms with van der Waals surface area (Å²) < 4.78 is 34.7. The number of methoxy groups -OCH3 is 2. The number of nitriles is 1. The van der Waals surface area contributed by atoms with Crippen LogP contribution in [0.15, 0.2) is 36.5 Å². The average Bonchev–Trinajstić information content (AvgIpc) is 3.33. The van der Waals surface area contributed by atoms with Gasteiger partial charge in [0, 0.05) is 29.7 Å². The lowest BCUT2D eigenvalue weighted by atomic mass is 9.89. The van der Waals surface area contributed by atoms with Gasteiger partial charge in [-0.3, -0.25) is 0 Å². The molecular weight excluding hydrogens is 340 g/mol. The molecule has 0 saturated carbocycles. The van der Waals surface area contributed by atoms with E-state index in [0.717, 1.165) is 16.5 Å². The highest BCUT2D eigenvalue weighted by Gasteiger charge is 2.37. The third-order valence-corrected chi connectivity index (χ3v) is 4.97. The van der Waals surface area contributed by atoms with Crippen molar-refractivity contribution in [3.8, 4) is 11.8 Å². The Morgan fingerprint density at radius 1 is 1.30 bits per heavy atom. The highest BCUT2D eigenvalue weighted by Crippen LogP contribution is 2.43. The smallest absolute Gasteiger partial charge is 0.151 e. The number of aromatic amines is 2. The zero-order chi connectivity index (χ0) is 21.7. The SMILES string of the molecule is [2H]C([2H])([2H])OC(C)(c1nc2cc(C#N)ccc2[nH]1)c1c(OC)cc(C)c2[nH]ccc12. The van der Waals surface area contributed by atoms with Gasteiger partial charge >= 0.3 is 0 Å². The Kier molecular flexibility index (Phi) is 3.15. The topological polar surface area (TPSA) is 86.7 Å². The number of ether oxygens (including phenoxy) is 2. The van der Waals surface area contributed by atoms with E-state index in [1.54, 1.807) is 31.3 Å². The van der Waals surface area contributed by atoms with Crippen LogP contribution in [-0.2, 0) is 10.3 Å². The molecule has 27 heavy (non-hydrogen) atoms. The second kappa shape index (κ2) is 6.15. The standard InChI is InChI=1S/C21H20N4O2/c1-12-9-17(26-3)18(14-7-8-23-19(12)14)21(2,27-4)20-24-15-6-5-13(11-22)10-16(15)25-20/h5-10,23H,1-4H3,(H,24,25)/i4D3. The number of hydrogen-bond donors (Lipinski definition) is 2. The molecule has 0 bridgehead atoms. The average molecular weight is 363 g/mol. The normalized spacial score (nSPS) is 15.7. The third kappa shape index (κ3) is 2.47. The minimum absolute atomic E-state index is 0.299. The van der Waals surface area contributed by atoms with E-state index in [2.05, 4.69) is 21.0 Å². The van der Waals surface area contributed by atoms with Crippen molar-refractivity contribution in [2.75, 3.05) is 14.1 Å². The molecule has 1 unspecified atom stereocenters. The first kappa shape index (κ1) is 13.8. The summed E-state index contributed by atoms with van der Waals surface area (Å²) in [4.78, 5) is 11.0. The molecule has 0 aliphatic heterocycles. The lowest BCUT2D eigenvalue weighted by molar-refractivity contribution is 0.0316. The van der Waals surface area contributed by atoms with E-state index in [-0.39, 0.29) is 0 Å². The first-order valence-electron chi connectivity index (χ1n) is 9.92. The van der Waals surface area contributed by atoms with Crippen LogP contribution in [0.5, 0.6) is 5.75 Å². The number of rotatable bonds is 4. The maximum absolute atomic E-state index is 9.18. The van der Waals surface area contributed by atoms with E-state index >= 15 is 0 Å². The summed E-state index contributed by atoms with van der Waals surface area (Å²) in [5.41, 5.74) is 2.53. The van der Waals surface area contributed by atoms with E-state index in [1.807, 2.05) is 19.1 Å². The molecule has 0 spiro atoms. The van der Waals surface area contributed by atoms with Crippen molar-refractivity contribution in [3.05, 3.63) is 59.0 Å². The monoisotopic (exact) mass is 363 g/mol. The minimum atomic E-state index is -2.70. The molecule has 2 heterocycles. The summed E-state index contributed by atoms with van der Waals surface area (Å²) in [6.07, 6.45) is 1.79. The molecule has 2 aromatic carbocycles. The number of benzene rings is 2. The van der Waals surface area contributed by atoms with Gasteiger partial charge in [-0.15, -0.1) is 0 Å². The van der Waals surface area contributed by atoms with Crippen LogP contribution in [-0.4, -0.2) is 29.1 Å². The number of hydrogen-bond acceptors (Lipinski definition) is 4. The Labute approximate surface area is 161 Å². The van der Waals surface area contributed by atoms with Crippen LogP contribution in [0, 0.1) is 18.3 Å². The molecule has 4 aromatic rings. The molecule has 6 heteroatoms. The van der Waals surface area contributed by atoms with Crippen LogP contribution in [0.4, 0.5) is 0 Å². The second-order valence-electron chi connectivity index (χ2n) is 6.60. The molecule has 6 nitrogen and oxygen atoms in total. The van der Waals surface area contributed by atoms with Gasteiger partial charge in [-0.1, -0.05) is 0 Å². The Bertz CT molecular complexity index is 1300. The first-order valence-corrected chi connectivity index (χ1v) is 8.42. The van der Waals surface area contributed by atoms with Gasteiger partial charge in [0.25, 0.3) is 0 Å². The number of imidazole rings is 1. The van der Waals surface area contributed by atoms with Crippen LogP contribution in [0.1, 0.15) is 33.6 Å². The molecular formula is C21H20N4O2. The summed E-state index contributed by atoms with van der Waals surface area (Å²) in [7, 11) is -1.17. The summed E-state index contributed by atoms with van der Waals surface area (Å²) in [5.74, 6) is 0.790. The van der Waals surface area contributed by atoms with Gasteiger partial charge in [-0.2, -0.15) is 5.26 Å². The third-order valence-electron chi connectivity index (χ3n) is 4.97. The van der Waals surface area contributed by atoms with Crippen LogP contribution >= 0.6 is 0 Å². The van der Waals surface area contributed by atoms with Gasteiger partial charge in [-0.05, 0) is 49.7 Å². The summed E-state index contributed by atoms with van der Waals surface area (Å²) in [6.45, 7) is 3.60. The predicted molar refractivity (Wildman–Crippen MR) is 104 cm³/mol. The molecule has 136 valence electrons. The fourth-order valence-electron chi connectivity index (χ4n) is 3.55. The van der Waals surface area contributed by atoms with Crippen LogP contribution in [0.2, 0.25) is 0 Å². The molecule has 2 N–H and O–H groups in total. The molecule has 0 saturated heterocycles. The lowest BCUT2D eigenvalue weighted by Crippen LogP contribution is -2.28. The first-order chi connectivity index (χ1) is 14.2. The molecule has 1 atom stereocenters. The van der Waals surface area contributed by atoms with Gasteiger partial charge in [-0.25, -0.2) is 4.98 Å². The van der Waals surface area contributed by atoms with Crippen molar-refractivity contribution in [3.63, 3.8) is 0 Å². The van der Waals surface area contributed by atoms with Gasteiger partial charge in [0.05, 0.1) is 33.9 Å². The summed E-state index contributed by atoms with van der Waals surface area (Å²) >= 11 is 0. The van der Waals surface area contributed by atoms with Gasteiger partial charge in [0.1, 0.15) is 11.6 Å². The van der Waals surface area contributed by atoms with Gasteiger partial charge < -0.3 is 19.4 Å². The second-order valence-corrected chi connectivity index (χ2v) is 6.60. The number of aromatic nitrogens is 3.